The molecule has 0 heterocycles. The third kappa shape index (κ3) is 5.07. The van der Waals surface area contributed by atoms with Gasteiger partial charge in [-0.2, -0.15) is 0 Å². The zero-order valence-electron chi connectivity index (χ0n) is 14.6. The first-order valence-electron chi connectivity index (χ1n) is 8.08. The van der Waals surface area contributed by atoms with Crippen LogP contribution in [0.5, 0.6) is 11.5 Å². The van der Waals surface area contributed by atoms with E-state index in [1.54, 1.807) is 30.3 Å². The lowest BCUT2D eigenvalue weighted by Gasteiger charge is -2.08. The number of benzene rings is 2. The van der Waals surface area contributed by atoms with Crippen LogP contribution in [0.3, 0.4) is 0 Å². The van der Waals surface area contributed by atoms with Gasteiger partial charge in [-0.3, -0.25) is 14.9 Å². The van der Waals surface area contributed by atoms with Crippen LogP contribution in [0.2, 0.25) is 0 Å². The number of anilines is 1. The fourth-order valence-corrected chi connectivity index (χ4v) is 2.21. The monoisotopic (exact) mass is 356 g/mol. The standard InChI is InChI=1S/C19H20N2O5/c1-3-12-26-18-10-8-14(13-16(18)21(23)24)9-11-19(22)20-15-6-4-5-7-17(15)25-2/h4-11,13H,3,12H2,1-2H3,(H,20,22)/b11-9+. The number of hydrogen-bond donors (Lipinski definition) is 1. The second-order valence-electron chi connectivity index (χ2n) is 5.36. The molecule has 0 spiro atoms. The molecule has 136 valence electrons. The fourth-order valence-electron chi connectivity index (χ4n) is 2.21. The average Bonchev–Trinajstić information content (AvgIpc) is 2.65. The second-order valence-corrected chi connectivity index (χ2v) is 5.36. The van der Waals surface area contributed by atoms with Crippen molar-refractivity contribution in [1.29, 1.82) is 0 Å². The number of rotatable bonds is 8. The molecular formula is C19H20N2O5. The number of amides is 1. The van der Waals surface area contributed by atoms with Gasteiger partial charge in [-0.15, -0.1) is 0 Å². The molecule has 0 saturated carbocycles. The van der Waals surface area contributed by atoms with E-state index in [1.165, 1.54) is 31.4 Å². The Hall–Kier alpha value is -3.35. The van der Waals surface area contributed by atoms with Crippen molar-refractivity contribution in [2.45, 2.75) is 13.3 Å². The maximum atomic E-state index is 12.1. The SMILES string of the molecule is CCCOc1ccc(/C=C/C(=O)Nc2ccccc2OC)cc1[N+](=O)[O-]. The van der Waals surface area contributed by atoms with E-state index in [2.05, 4.69) is 5.32 Å². The molecule has 2 rings (SSSR count). The molecule has 0 fully saturated rings. The van der Waals surface area contributed by atoms with Gasteiger partial charge < -0.3 is 14.8 Å². The quantitative estimate of drug-likeness (QED) is 0.438. The van der Waals surface area contributed by atoms with Crippen LogP contribution >= 0.6 is 0 Å². The van der Waals surface area contributed by atoms with Crippen molar-refractivity contribution in [2.24, 2.45) is 0 Å². The number of para-hydroxylation sites is 2. The first kappa shape index (κ1) is 19.0. The van der Waals surface area contributed by atoms with E-state index in [4.69, 9.17) is 9.47 Å². The van der Waals surface area contributed by atoms with Crippen LogP contribution in [0, 0.1) is 10.1 Å². The van der Waals surface area contributed by atoms with Crippen LogP contribution in [-0.4, -0.2) is 24.5 Å². The number of methoxy groups -OCH3 is 1. The van der Waals surface area contributed by atoms with E-state index < -0.39 is 4.92 Å². The zero-order chi connectivity index (χ0) is 18.9. The summed E-state index contributed by atoms with van der Waals surface area (Å²) in [5.41, 5.74) is 0.931. The van der Waals surface area contributed by atoms with Gasteiger partial charge in [-0.05, 0) is 36.3 Å². The first-order chi connectivity index (χ1) is 12.5. The summed E-state index contributed by atoms with van der Waals surface area (Å²) >= 11 is 0. The average molecular weight is 356 g/mol. The van der Waals surface area contributed by atoms with Crippen molar-refractivity contribution in [3.63, 3.8) is 0 Å². The number of carbonyl (C=O) groups is 1. The normalized spacial score (nSPS) is 10.5. The summed E-state index contributed by atoms with van der Waals surface area (Å²) in [5, 5.41) is 13.9. The third-order valence-corrected chi connectivity index (χ3v) is 3.43. The van der Waals surface area contributed by atoms with E-state index >= 15 is 0 Å². The van der Waals surface area contributed by atoms with E-state index in [0.29, 0.717) is 23.6 Å². The maximum Gasteiger partial charge on any atom is 0.311 e. The highest BCUT2D eigenvalue weighted by Crippen LogP contribution is 2.28. The predicted molar refractivity (Wildman–Crippen MR) is 99.5 cm³/mol. The van der Waals surface area contributed by atoms with E-state index in [0.717, 1.165) is 6.42 Å². The molecule has 1 N–H and O–H groups in total. The van der Waals surface area contributed by atoms with Gasteiger partial charge in [0.1, 0.15) is 5.75 Å². The molecule has 2 aromatic rings. The molecule has 1 amide bonds. The molecule has 0 unspecified atom stereocenters. The Morgan fingerprint density at radius 2 is 2.00 bits per heavy atom. The van der Waals surface area contributed by atoms with Gasteiger partial charge >= 0.3 is 5.69 Å². The van der Waals surface area contributed by atoms with Crippen LogP contribution < -0.4 is 14.8 Å². The van der Waals surface area contributed by atoms with E-state index in [-0.39, 0.29) is 17.3 Å². The zero-order valence-corrected chi connectivity index (χ0v) is 14.6. The minimum atomic E-state index is -0.503. The van der Waals surface area contributed by atoms with Crippen molar-refractivity contribution in [1.82, 2.24) is 0 Å². The Kier molecular flexibility index (Phi) is 6.73. The van der Waals surface area contributed by atoms with E-state index in [9.17, 15) is 14.9 Å². The van der Waals surface area contributed by atoms with Crippen molar-refractivity contribution in [3.05, 3.63) is 64.2 Å². The minimum Gasteiger partial charge on any atom is -0.495 e. The Morgan fingerprint density at radius 3 is 2.69 bits per heavy atom. The summed E-state index contributed by atoms with van der Waals surface area (Å²) in [7, 11) is 1.52. The van der Waals surface area contributed by atoms with Crippen LogP contribution in [0.4, 0.5) is 11.4 Å². The maximum absolute atomic E-state index is 12.1. The summed E-state index contributed by atoms with van der Waals surface area (Å²) in [6.07, 6.45) is 3.56. The second kappa shape index (κ2) is 9.22. The molecule has 7 heteroatoms. The third-order valence-electron chi connectivity index (χ3n) is 3.43. The molecule has 0 bridgehead atoms. The number of hydrogen-bond acceptors (Lipinski definition) is 5. The number of nitro groups is 1. The predicted octanol–water partition coefficient (Wildman–Crippen LogP) is 4.04. The number of ether oxygens (including phenoxy) is 2. The van der Waals surface area contributed by atoms with Gasteiger partial charge in [0.2, 0.25) is 5.91 Å². The Balaban J connectivity index is 2.12. The highest BCUT2D eigenvalue weighted by molar-refractivity contribution is 6.02. The summed E-state index contributed by atoms with van der Waals surface area (Å²) in [6.45, 7) is 2.32. The molecule has 2 aromatic carbocycles. The summed E-state index contributed by atoms with van der Waals surface area (Å²) in [4.78, 5) is 22.8. The molecular weight excluding hydrogens is 336 g/mol. The molecule has 0 atom stereocenters. The van der Waals surface area contributed by atoms with Gasteiger partial charge in [0.15, 0.2) is 5.75 Å². The van der Waals surface area contributed by atoms with Crippen molar-refractivity contribution in [3.8, 4) is 11.5 Å². The number of nitrogens with one attached hydrogen (secondary N) is 1. The van der Waals surface area contributed by atoms with Crippen LogP contribution in [0.1, 0.15) is 18.9 Å². The minimum absolute atomic E-state index is 0.134. The number of nitrogens with zero attached hydrogens (tertiary/aromatic N) is 1. The molecule has 0 radical (unpaired) electrons. The van der Waals surface area contributed by atoms with Gasteiger partial charge in [-0.25, -0.2) is 0 Å². The first-order valence-corrected chi connectivity index (χ1v) is 8.08. The molecule has 0 aliphatic rings. The van der Waals surface area contributed by atoms with Crippen LogP contribution in [0.25, 0.3) is 6.08 Å². The largest absolute Gasteiger partial charge is 0.495 e. The molecule has 0 aromatic heterocycles. The summed E-state index contributed by atoms with van der Waals surface area (Å²) in [5.74, 6) is 0.387. The van der Waals surface area contributed by atoms with Crippen LogP contribution in [-0.2, 0) is 4.79 Å². The highest BCUT2D eigenvalue weighted by atomic mass is 16.6. The lowest BCUT2D eigenvalue weighted by molar-refractivity contribution is -0.385. The smallest absolute Gasteiger partial charge is 0.311 e. The molecule has 7 nitrogen and oxygen atoms in total. The van der Waals surface area contributed by atoms with Crippen LogP contribution in [0.15, 0.2) is 48.5 Å². The molecule has 0 aliphatic heterocycles. The Labute approximate surface area is 151 Å². The Bertz CT molecular complexity index is 817. The van der Waals surface area contributed by atoms with Gasteiger partial charge in [-0.1, -0.05) is 25.1 Å². The number of nitro benzene ring substituents is 1. The Morgan fingerprint density at radius 1 is 1.23 bits per heavy atom. The van der Waals surface area contributed by atoms with Gasteiger partial charge in [0.05, 0.1) is 24.3 Å². The molecule has 0 aliphatic carbocycles. The van der Waals surface area contributed by atoms with E-state index in [1.807, 2.05) is 6.92 Å². The molecule has 0 saturated heterocycles. The van der Waals surface area contributed by atoms with Crippen molar-refractivity contribution < 1.29 is 19.2 Å². The lowest BCUT2D eigenvalue weighted by atomic mass is 10.1. The highest BCUT2D eigenvalue weighted by Gasteiger charge is 2.15. The summed E-state index contributed by atoms with van der Waals surface area (Å²) < 4.78 is 10.5. The van der Waals surface area contributed by atoms with Gasteiger partial charge in [0, 0.05) is 12.1 Å². The summed E-state index contributed by atoms with van der Waals surface area (Å²) in [6, 6.07) is 11.6. The van der Waals surface area contributed by atoms with Gasteiger partial charge in [0.25, 0.3) is 0 Å². The molecule has 26 heavy (non-hydrogen) atoms. The van der Waals surface area contributed by atoms with Crippen molar-refractivity contribution >= 4 is 23.4 Å². The number of carbonyl (C=O) groups excluding carboxylic acids is 1. The fraction of sp³-hybridized carbons (Fsp3) is 0.211. The lowest BCUT2D eigenvalue weighted by Crippen LogP contribution is -2.08. The van der Waals surface area contributed by atoms with Crippen molar-refractivity contribution in [2.75, 3.05) is 19.0 Å². The topological polar surface area (TPSA) is 90.7 Å².